The van der Waals surface area contributed by atoms with Gasteiger partial charge in [-0.1, -0.05) is 31.4 Å². The van der Waals surface area contributed by atoms with Crippen molar-refractivity contribution in [1.82, 2.24) is 10.3 Å². The number of carbonyl (C=O) groups excluding carboxylic acids is 2. The molecule has 5 nitrogen and oxygen atoms in total. The molecular weight excluding hydrogens is 290 g/mol. The highest BCUT2D eigenvalue weighted by molar-refractivity contribution is 6.31. The minimum atomic E-state index is -0.852. The van der Waals surface area contributed by atoms with Crippen LogP contribution in [0, 0.1) is 13.8 Å². The van der Waals surface area contributed by atoms with Gasteiger partial charge in [0.1, 0.15) is 11.4 Å². The van der Waals surface area contributed by atoms with E-state index in [0.29, 0.717) is 28.5 Å². The Labute approximate surface area is 129 Å². The number of amides is 3. The van der Waals surface area contributed by atoms with E-state index in [1.807, 2.05) is 0 Å². The Morgan fingerprint density at radius 1 is 1.38 bits per heavy atom. The zero-order chi connectivity index (χ0) is 15.8. The van der Waals surface area contributed by atoms with Gasteiger partial charge in [0.25, 0.3) is 5.91 Å². The van der Waals surface area contributed by atoms with Crippen molar-refractivity contribution in [3.05, 3.63) is 22.3 Å². The first-order chi connectivity index (χ1) is 9.80. The Bertz CT molecular complexity index is 603. The molecule has 0 aliphatic carbocycles. The number of carbonyl (C=O) groups is 2. The van der Waals surface area contributed by atoms with E-state index in [2.05, 4.69) is 17.2 Å². The van der Waals surface area contributed by atoms with Gasteiger partial charge in [-0.25, -0.2) is 14.7 Å². The standard InChI is InChI=1S/C15H20ClN3O2/c1-5-6-7-15(4)13(20)19(14(21)18-15)12-9(2)8-11(16)10(3)17-12/h8H,5-7H2,1-4H3,(H,18,21). The first-order valence-corrected chi connectivity index (χ1v) is 7.48. The fourth-order valence-corrected chi connectivity index (χ4v) is 2.67. The van der Waals surface area contributed by atoms with E-state index in [-0.39, 0.29) is 5.91 Å². The molecule has 2 rings (SSSR count). The summed E-state index contributed by atoms with van der Waals surface area (Å²) in [6, 6.07) is 1.30. The number of imide groups is 1. The van der Waals surface area contributed by atoms with E-state index in [1.165, 1.54) is 0 Å². The van der Waals surface area contributed by atoms with Crippen LogP contribution in [0.3, 0.4) is 0 Å². The van der Waals surface area contributed by atoms with Crippen LogP contribution in [0.15, 0.2) is 6.07 Å². The summed E-state index contributed by atoms with van der Waals surface area (Å²) >= 11 is 6.02. The maximum atomic E-state index is 12.7. The second kappa shape index (κ2) is 5.64. The van der Waals surface area contributed by atoms with E-state index in [0.717, 1.165) is 17.7 Å². The summed E-state index contributed by atoms with van der Waals surface area (Å²) in [5.74, 6) is 0.109. The Hall–Kier alpha value is -1.62. The van der Waals surface area contributed by atoms with Gasteiger partial charge in [0.15, 0.2) is 0 Å². The predicted molar refractivity (Wildman–Crippen MR) is 82.7 cm³/mol. The number of nitrogens with one attached hydrogen (secondary N) is 1. The van der Waals surface area contributed by atoms with Crippen LogP contribution in [0.1, 0.15) is 44.4 Å². The SMILES string of the molecule is CCCCC1(C)NC(=O)N(c2nc(C)c(Cl)cc2C)C1=O. The molecule has 1 atom stereocenters. The van der Waals surface area contributed by atoms with Crippen LogP contribution in [0.2, 0.25) is 5.02 Å². The van der Waals surface area contributed by atoms with Crippen LogP contribution >= 0.6 is 11.6 Å². The number of unbranched alkanes of at least 4 members (excludes halogenated alkanes) is 1. The Balaban J connectivity index is 2.39. The van der Waals surface area contributed by atoms with Gasteiger partial charge >= 0.3 is 6.03 Å². The van der Waals surface area contributed by atoms with E-state index >= 15 is 0 Å². The number of aromatic nitrogens is 1. The molecule has 1 aromatic heterocycles. The maximum Gasteiger partial charge on any atom is 0.330 e. The molecule has 1 unspecified atom stereocenters. The number of hydrogen-bond acceptors (Lipinski definition) is 3. The number of pyridine rings is 1. The highest BCUT2D eigenvalue weighted by Gasteiger charge is 2.48. The largest absolute Gasteiger partial charge is 0.330 e. The van der Waals surface area contributed by atoms with E-state index < -0.39 is 11.6 Å². The fourth-order valence-electron chi connectivity index (χ4n) is 2.46. The third kappa shape index (κ3) is 2.75. The smallest absolute Gasteiger partial charge is 0.323 e. The van der Waals surface area contributed by atoms with Crippen molar-refractivity contribution in [2.24, 2.45) is 0 Å². The van der Waals surface area contributed by atoms with Gasteiger partial charge in [-0.05, 0) is 38.8 Å². The average molecular weight is 310 g/mol. The molecule has 0 spiro atoms. The van der Waals surface area contributed by atoms with Crippen LogP contribution in [0.5, 0.6) is 0 Å². The number of halogens is 1. The first-order valence-electron chi connectivity index (χ1n) is 7.10. The second-order valence-corrected chi connectivity index (χ2v) is 6.11. The average Bonchev–Trinajstić information content (AvgIpc) is 2.63. The molecule has 1 aromatic rings. The molecule has 0 bridgehead atoms. The van der Waals surface area contributed by atoms with Gasteiger partial charge in [0, 0.05) is 0 Å². The highest BCUT2D eigenvalue weighted by atomic mass is 35.5. The van der Waals surface area contributed by atoms with Gasteiger partial charge in [0.05, 0.1) is 10.7 Å². The molecule has 3 amide bonds. The normalized spacial score (nSPS) is 21.9. The van der Waals surface area contributed by atoms with E-state index in [1.54, 1.807) is 26.8 Å². The molecule has 21 heavy (non-hydrogen) atoms. The summed E-state index contributed by atoms with van der Waals surface area (Å²) in [6.07, 6.45) is 2.47. The molecule has 0 saturated carbocycles. The van der Waals surface area contributed by atoms with Gasteiger partial charge in [0.2, 0.25) is 0 Å². The summed E-state index contributed by atoms with van der Waals surface area (Å²) in [5.41, 5.74) is 0.447. The molecule has 1 saturated heterocycles. The number of aryl methyl sites for hydroxylation is 2. The van der Waals surface area contributed by atoms with E-state index in [9.17, 15) is 9.59 Å². The molecule has 114 valence electrons. The summed E-state index contributed by atoms with van der Waals surface area (Å²) < 4.78 is 0. The minimum absolute atomic E-state index is 0.252. The van der Waals surface area contributed by atoms with Crippen LogP contribution in [-0.4, -0.2) is 22.5 Å². The van der Waals surface area contributed by atoms with Crippen molar-refractivity contribution < 1.29 is 9.59 Å². The van der Waals surface area contributed by atoms with Crippen LogP contribution in [0.25, 0.3) is 0 Å². The summed E-state index contributed by atoms with van der Waals surface area (Å²) in [4.78, 5) is 30.3. The summed E-state index contributed by atoms with van der Waals surface area (Å²) in [5, 5.41) is 3.31. The molecule has 6 heteroatoms. The van der Waals surface area contributed by atoms with Crippen LogP contribution in [-0.2, 0) is 4.79 Å². The second-order valence-electron chi connectivity index (χ2n) is 5.70. The highest BCUT2D eigenvalue weighted by Crippen LogP contribution is 2.30. The van der Waals surface area contributed by atoms with Crippen molar-refractivity contribution in [1.29, 1.82) is 0 Å². The zero-order valence-electron chi connectivity index (χ0n) is 12.8. The third-order valence-corrected chi connectivity index (χ3v) is 4.20. The number of hydrogen-bond donors (Lipinski definition) is 1. The van der Waals surface area contributed by atoms with E-state index in [4.69, 9.17) is 11.6 Å². The van der Waals surface area contributed by atoms with Gasteiger partial charge in [-0.2, -0.15) is 0 Å². The predicted octanol–water partition coefficient (Wildman–Crippen LogP) is 3.36. The van der Waals surface area contributed by atoms with Crippen molar-refractivity contribution in [2.75, 3.05) is 4.90 Å². The molecule has 2 heterocycles. The number of nitrogens with zero attached hydrogens (tertiary/aromatic N) is 2. The lowest BCUT2D eigenvalue weighted by molar-refractivity contribution is -0.121. The summed E-state index contributed by atoms with van der Waals surface area (Å²) in [6.45, 7) is 7.35. The quantitative estimate of drug-likeness (QED) is 0.867. The maximum absolute atomic E-state index is 12.7. The van der Waals surface area contributed by atoms with Crippen molar-refractivity contribution in [3.8, 4) is 0 Å². The molecular formula is C15H20ClN3O2. The lowest BCUT2D eigenvalue weighted by atomic mass is 9.95. The molecule has 1 N–H and O–H groups in total. The van der Waals surface area contributed by atoms with Gasteiger partial charge in [-0.15, -0.1) is 0 Å². The molecule has 0 radical (unpaired) electrons. The fraction of sp³-hybridized carbons (Fsp3) is 0.533. The number of urea groups is 1. The lowest BCUT2D eigenvalue weighted by Gasteiger charge is -2.21. The molecule has 1 fully saturated rings. The number of anilines is 1. The zero-order valence-corrected chi connectivity index (χ0v) is 13.5. The molecule has 0 aromatic carbocycles. The van der Waals surface area contributed by atoms with Crippen molar-refractivity contribution in [3.63, 3.8) is 0 Å². The monoisotopic (exact) mass is 309 g/mol. The van der Waals surface area contributed by atoms with Crippen LogP contribution < -0.4 is 10.2 Å². The minimum Gasteiger partial charge on any atom is -0.323 e. The summed E-state index contributed by atoms with van der Waals surface area (Å²) in [7, 11) is 0. The molecule has 1 aliphatic heterocycles. The Morgan fingerprint density at radius 3 is 2.67 bits per heavy atom. The lowest BCUT2D eigenvalue weighted by Crippen LogP contribution is -2.43. The molecule has 1 aliphatic rings. The van der Waals surface area contributed by atoms with Gasteiger partial charge < -0.3 is 5.32 Å². The third-order valence-electron chi connectivity index (χ3n) is 3.82. The Morgan fingerprint density at radius 2 is 2.05 bits per heavy atom. The van der Waals surface area contributed by atoms with Gasteiger partial charge in [-0.3, -0.25) is 4.79 Å². The Kier molecular flexibility index (Phi) is 4.23. The number of rotatable bonds is 4. The van der Waals surface area contributed by atoms with Crippen molar-refractivity contribution in [2.45, 2.75) is 52.5 Å². The topological polar surface area (TPSA) is 62.3 Å². The van der Waals surface area contributed by atoms with Crippen molar-refractivity contribution >= 4 is 29.4 Å². The first kappa shape index (κ1) is 15.8. The van der Waals surface area contributed by atoms with Crippen LogP contribution in [0.4, 0.5) is 10.6 Å².